The summed E-state index contributed by atoms with van der Waals surface area (Å²) in [5.41, 5.74) is 2.27. The largest absolute Gasteiger partial charge is 0.392 e. The van der Waals surface area contributed by atoms with Crippen LogP contribution < -0.4 is 4.90 Å². The summed E-state index contributed by atoms with van der Waals surface area (Å²) >= 11 is 0. The Bertz CT molecular complexity index is 294. The molecule has 0 spiro atoms. The smallest absolute Gasteiger partial charge is 0.0681 e. The zero-order chi connectivity index (χ0) is 9.97. The zero-order valence-corrected chi connectivity index (χ0v) is 8.61. The van der Waals surface area contributed by atoms with E-state index < -0.39 is 0 Å². The van der Waals surface area contributed by atoms with Crippen LogP contribution >= 0.6 is 0 Å². The third-order valence-corrected chi connectivity index (χ3v) is 2.91. The standard InChI is InChI=1S/C12H17NO/c1-10-6-7-13(8-10)12-4-2-11(9-14)3-5-12/h2-5,10,14H,6-9H2,1H3. The minimum atomic E-state index is 0.136. The third-order valence-electron chi connectivity index (χ3n) is 2.91. The fraction of sp³-hybridized carbons (Fsp3) is 0.500. The highest BCUT2D eigenvalue weighted by Crippen LogP contribution is 2.23. The molecular weight excluding hydrogens is 174 g/mol. The second-order valence-electron chi connectivity index (χ2n) is 4.16. The van der Waals surface area contributed by atoms with Gasteiger partial charge in [-0.15, -0.1) is 0 Å². The number of aliphatic hydroxyl groups is 1. The second kappa shape index (κ2) is 4.01. The van der Waals surface area contributed by atoms with Crippen LogP contribution in [0.15, 0.2) is 24.3 Å². The molecule has 1 saturated heterocycles. The molecule has 2 heteroatoms. The molecule has 1 aromatic carbocycles. The van der Waals surface area contributed by atoms with Gasteiger partial charge >= 0.3 is 0 Å². The van der Waals surface area contributed by atoms with Gasteiger partial charge in [-0.05, 0) is 30.0 Å². The lowest BCUT2D eigenvalue weighted by molar-refractivity contribution is 0.282. The van der Waals surface area contributed by atoms with Gasteiger partial charge in [-0.25, -0.2) is 0 Å². The number of benzene rings is 1. The van der Waals surface area contributed by atoms with Crippen molar-refractivity contribution in [3.8, 4) is 0 Å². The summed E-state index contributed by atoms with van der Waals surface area (Å²) < 4.78 is 0. The van der Waals surface area contributed by atoms with E-state index in [1.54, 1.807) is 0 Å². The van der Waals surface area contributed by atoms with E-state index in [1.807, 2.05) is 12.1 Å². The number of hydrogen-bond donors (Lipinski definition) is 1. The molecule has 14 heavy (non-hydrogen) atoms. The first-order chi connectivity index (χ1) is 6.79. The van der Waals surface area contributed by atoms with Crippen LogP contribution in [-0.4, -0.2) is 18.2 Å². The van der Waals surface area contributed by atoms with Crippen molar-refractivity contribution in [1.29, 1.82) is 0 Å². The highest BCUT2D eigenvalue weighted by molar-refractivity contribution is 5.48. The van der Waals surface area contributed by atoms with Crippen LogP contribution in [0.3, 0.4) is 0 Å². The molecule has 0 amide bonds. The molecule has 0 saturated carbocycles. The van der Waals surface area contributed by atoms with E-state index in [4.69, 9.17) is 5.11 Å². The van der Waals surface area contributed by atoms with Crippen LogP contribution in [0.4, 0.5) is 5.69 Å². The van der Waals surface area contributed by atoms with Crippen LogP contribution in [0.25, 0.3) is 0 Å². The van der Waals surface area contributed by atoms with Crippen LogP contribution in [-0.2, 0) is 6.61 Å². The maximum atomic E-state index is 8.92. The summed E-state index contributed by atoms with van der Waals surface area (Å²) in [6.07, 6.45) is 1.29. The van der Waals surface area contributed by atoms with Gasteiger partial charge in [-0.3, -0.25) is 0 Å². The van der Waals surface area contributed by atoms with Crippen LogP contribution in [0, 0.1) is 5.92 Å². The molecule has 0 aromatic heterocycles. The summed E-state index contributed by atoms with van der Waals surface area (Å²) in [6, 6.07) is 8.20. The van der Waals surface area contributed by atoms with Crippen molar-refractivity contribution in [3.05, 3.63) is 29.8 Å². The maximum absolute atomic E-state index is 8.92. The van der Waals surface area contributed by atoms with E-state index in [9.17, 15) is 0 Å². The van der Waals surface area contributed by atoms with E-state index >= 15 is 0 Å². The molecule has 76 valence electrons. The molecule has 1 aliphatic heterocycles. The number of nitrogens with zero attached hydrogens (tertiary/aromatic N) is 1. The molecule has 1 fully saturated rings. The van der Waals surface area contributed by atoms with Crippen molar-refractivity contribution in [2.45, 2.75) is 20.0 Å². The summed E-state index contributed by atoms with van der Waals surface area (Å²) in [5.74, 6) is 0.813. The van der Waals surface area contributed by atoms with E-state index in [0.717, 1.165) is 11.5 Å². The molecule has 1 unspecified atom stereocenters. The zero-order valence-electron chi connectivity index (χ0n) is 8.61. The molecule has 1 heterocycles. The fourth-order valence-electron chi connectivity index (χ4n) is 1.98. The van der Waals surface area contributed by atoms with Gasteiger partial charge in [-0.1, -0.05) is 19.1 Å². The quantitative estimate of drug-likeness (QED) is 0.773. The third kappa shape index (κ3) is 1.90. The van der Waals surface area contributed by atoms with Gasteiger partial charge in [0.1, 0.15) is 0 Å². The molecule has 0 bridgehead atoms. The number of anilines is 1. The van der Waals surface area contributed by atoms with Gasteiger partial charge < -0.3 is 10.0 Å². The van der Waals surface area contributed by atoms with E-state index in [0.29, 0.717) is 0 Å². The molecule has 1 aliphatic rings. The SMILES string of the molecule is CC1CCN(c2ccc(CO)cc2)C1. The molecule has 1 atom stereocenters. The number of aliphatic hydroxyl groups excluding tert-OH is 1. The van der Waals surface area contributed by atoms with Gasteiger partial charge in [0.05, 0.1) is 6.61 Å². The van der Waals surface area contributed by atoms with Crippen LogP contribution in [0.2, 0.25) is 0 Å². The topological polar surface area (TPSA) is 23.5 Å². The Labute approximate surface area is 85.2 Å². The monoisotopic (exact) mass is 191 g/mol. The first kappa shape index (κ1) is 9.53. The fourth-order valence-corrected chi connectivity index (χ4v) is 1.98. The Morgan fingerprint density at radius 2 is 2.07 bits per heavy atom. The average Bonchev–Trinajstić information content (AvgIpc) is 2.65. The summed E-state index contributed by atoms with van der Waals surface area (Å²) in [5, 5.41) is 8.92. The number of rotatable bonds is 2. The normalized spacial score (nSPS) is 21.6. The van der Waals surface area contributed by atoms with Gasteiger partial charge in [0.15, 0.2) is 0 Å². The lowest BCUT2D eigenvalue weighted by atomic mass is 10.2. The predicted octanol–water partition coefficient (Wildman–Crippen LogP) is 2.03. The first-order valence-corrected chi connectivity index (χ1v) is 5.24. The molecule has 2 rings (SSSR count). The van der Waals surface area contributed by atoms with Crippen LogP contribution in [0.5, 0.6) is 0 Å². The molecule has 1 N–H and O–H groups in total. The highest BCUT2D eigenvalue weighted by atomic mass is 16.3. The lowest BCUT2D eigenvalue weighted by Gasteiger charge is -2.18. The summed E-state index contributed by atoms with van der Waals surface area (Å²) in [4.78, 5) is 2.41. The second-order valence-corrected chi connectivity index (χ2v) is 4.16. The Morgan fingerprint density at radius 1 is 1.36 bits per heavy atom. The van der Waals surface area contributed by atoms with Crippen molar-refractivity contribution < 1.29 is 5.11 Å². The first-order valence-electron chi connectivity index (χ1n) is 5.24. The van der Waals surface area contributed by atoms with Crippen molar-refractivity contribution in [1.82, 2.24) is 0 Å². The van der Waals surface area contributed by atoms with Crippen molar-refractivity contribution >= 4 is 5.69 Å². The minimum absolute atomic E-state index is 0.136. The van der Waals surface area contributed by atoms with Gasteiger partial charge in [-0.2, -0.15) is 0 Å². The Morgan fingerprint density at radius 3 is 2.57 bits per heavy atom. The van der Waals surface area contributed by atoms with Crippen LogP contribution in [0.1, 0.15) is 18.9 Å². The maximum Gasteiger partial charge on any atom is 0.0681 e. The number of hydrogen-bond acceptors (Lipinski definition) is 2. The highest BCUT2D eigenvalue weighted by Gasteiger charge is 2.18. The molecular formula is C12H17NO. The minimum Gasteiger partial charge on any atom is -0.392 e. The van der Waals surface area contributed by atoms with Crippen molar-refractivity contribution in [3.63, 3.8) is 0 Å². The molecule has 0 aliphatic carbocycles. The molecule has 2 nitrogen and oxygen atoms in total. The molecule has 1 aromatic rings. The summed E-state index contributed by atoms with van der Waals surface area (Å²) in [6.45, 7) is 4.76. The van der Waals surface area contributed by atoms with Crippen molar-refractivity contribution in [2.24, 2.45) is 5.92 Å². The average molecular weight is 191 g/mol. The van der Waals surface area contributed by atoms with E-state index in [-0.39, 0.29) is 6.61 Å². The van der Waals surface area contributed by atoms with Gasteiger partial charge in [0, 0.05) is 18.8 Å². The predicted molar refractivity (Wildman–Crippen MR) is 58.4 cm³/mol. The Balaban J connectivity index is 2.09. The Kier molecular flexibility index (Phi) is 2.73. The Hall–Kier alpha value is -1.02. The van der Waals surface area contributed by atoms with Crippen molar-refractivity contribution in [2.75, 3.05) is 18.0 Å². The van der Waals surface area contributed by atoms with E-state index in [2.05, 4.69) is 24.0 Å². The lowest BCUT2D eigenvalue weighted by Crippen LogP contribution is -2.18. The van der Waals surface area contributed by atoms with Gasteiger partial charge in [0.2, 0.25) is 0 Å². The summed E-state index contributed by atoms with van der Waals surface area (Å²) in [7, 11) is 0. The van der Waals surface area contributed by atoms with E-state index in [1.165, 1.54) is 25.2 Å². The van der Waals surface area contributed by atoms with Gasteiger partial charge in [0.25, 0.3) is 0 Å². The molecule has 0 radical (unpaired) electrons.